The third kappa shape index (κ3) is 4.71. The molecule has 3 atom stereocenters. The molecule has 0 unspecified atom stereocenters. The fraction of sp³-hybridized carbons (Fsp3) is 0.522. The summed E-state index contributed by atoms with van der Waals surface area (Å²) in [6, 6.07) is 10.8. The second-order valence-corrected chi connectivity index (χ2v) is 11.1. The number of carbonyl (C=O) groups is 1. The molecule has 4 rings (SSSR count). The molecule has 8 heteroatoms. The summed E-state index contributed by atoms with van der Waals surface area (Å²) in [6.45, 7) is 9.41. The quantitative estimate of drug-likeness (QED) is 0.769. The summed E-state index contributed by atoms with van der Waals surface area (Å²) >= 11 is 0. The van der Waals surface area contributed by atoms with Crippen LogP contribution in [0, 0.1) is 11.8 Å². The van der Waals surface area contributed by atoms with Gasteiger partial charge in [0, 0.05) is 49.8 Å². The molecule has 1 aromatic heterocycles. The van der Waals surface area contributed by atoms with Crippen molar-refractivity contribution in [3.8, 4) is 0 Å². The highest BCUT2D eigenvalue weighted by Gasteiger charge is 2.31. The summed E-state index contributed by atoms with van der Waals surface area (Å²) in [7, 11) is -3.52. The highest BCUT2D eigenvalue weighted by molar-refractivity contribution is 7.89. The number of amides is 1. The van der Waals surface area contributed by atoms with Crippen molar-refractivity contribution in [3.63, 3.8) is 0 Å². The smallest absolute Gasteiger partial charge is 0.243 e. The van der Waals surface area contributed by atoms with E-state index in [1.54, 1.807) is 28.6 Å². The van der Waals surface area contributed by atoms with Crippen LogP contribution in [-0.4, -0.2) is 54.3 Å². The first-order valence-electron chi connectivity index (χ1n) is 11.0. The first kappa shape index (κ1) is 22.0. The van der Waals surface area contributed by atoms with Gasteiger partial charge in [-0.15, -0.1) is 0 Å². The Morgan fingerprint density at radius 2 is 1.71 bits per heavy atom. The lowest BCUT2D eigenvalue weighted by atomic mass is 9.94. The minimum absolute atomic E-state index is 0.0962. The molecular formula is C23H32N4O3S. The van der Waals surface area contributed by atoms with E-state index in [-0.39, 0.29) is 16.8 Å². The normalized spacial score (nSPS) is 25.2. The number of piperidine rings is 1. The highest BCUT2D eigenvalue weighted by Crippen LogP contribution is 2.28. The third-order valence-corrected chi connectivity index (χ3v) is 8.27. The van der Waals surface area contributed by atoms with E-state index >= 15 is 0 Å². The zero-order valence-electron chi connectivity index (χ0n) is 18.5. The van der Waals surface area contributed by atoms with Crippen LogP contribution in [0.1, 0.15) is 38.9 Å². The first-order valence-corrected chi connectivity index (χ1v) is 12.5. The maximum absolute atomic E-state index is 13.0. The van der Waals surface area contributed by atoms with Crippen LogP contribution < -0.4 is 5.32 Å². The fourth-order valence-electron chi connectivity index (χ4n) is 4.89. The number of anilines is 1. The van der Waals surface area contributed by atoms with Crippen LogP contribution in [0.25, 0.3) is 0 Å². The molecule has 168 valence electrons. The van der Waals surface area contributed by atoms with Gasteiger partial charge in [-0.25, -0.2) is 8.42 Å². The van der Waals surface area contributed by atoms with Crippen molar-refractivity contribution in [1.82, 2.24) is 13.8 Å². The van der Waals surface area contributed by atoms with E-state index in [0.29, 0.717) is 37.2 Å². The van der Waals surface area contributed by atoms with Gasteiger partial charge in [0.05, 0.1) is 11.4 Å². The maximum atomic E-state index is 13.0. The van der Waals surface area contributed by atoms with Crippen LogP contribution in [0.3, 0.4) is 0 Å². The van der Waals surface area contributed by atoms with E-state index in [0.717, 1.165) is 19.5 Å². The molecule has 0 bridgehead atoms. The predicted octanol–water partition coefficient (Wildman–Crippen LogP) is 3.17. The van der Waals surface area contributed by atoms with Crippen molar-refractivity contribution < 1.29 is 13.2 Å². The lowest BCUT2D eigenvalue weighted by Crippen LogP contribution is -2.42. The Bertz CT molecular complexity index is 1020. The summed E-state index contributed by atoms with van der Waals surface area (Å²) in [4.78, 5) is 15.0. The molecule has 1 saturated heterocycles. The van der Waals surface area contributed by atoms with E-state index in [1.807, 2.05) is 6.07 Å². The average molecular weight is 445 g/mol. The number of aromatic nitrogens is 1. The Morgan fingerprint density at radius 3 is 2.39 bits per heavy atom. The predicted molar refractivity (Wildman–Crippen MR) is 121 cm³/mol. The van der Waals surface area contributed by atoms with Gasteiger partial charge in [0.2, 0.25) is 15.9 Å². The Hall–Kier alpha value is -2.16. The molecule has 0 aliphatic carbocycles. The number of fused-ring (bicyclic) bond motifs is 1. The summed E-state index contributed by atoms with van der Waals surface area (Å²) in [5.74, 6) is 0.621. The van der Waals surface area contributed by atoms with E-state index in [9.17, 15) is 13.2 Å². The molecule has 0 radical (unpaired) electrons. The lowest BCUT2D eigenvalue weighted by Gasteiger charge is -2.34. The molecule has 1 aromatic carbocycles. The van der Waals surface area contributed by atoms with Gasteiger partial charge >= 0.3 is 0 Å². The standard InChI is InChI=1S/C23H32N4O3S/c1-17-13-18(2)15-27(14-17)31(29,30)21-8-6-20(7-9-21)24-23(28)16-26-12-11-25-10-4-5-22(25)19(26)3/h4-10,17-19H,11-16H2,1-3H3,(H,24,28)/t17-,18+,19-/m0/s1. The largest absolute Gasteiger partial charge is 0.349 e. The molecule has 1 amide bonds. The molecule has 2 aliphatic rings. The molecular weight excluding hydrogens is 412 g/mol. The molecule has 1 N–H and O–H groups in total. The summed E-state index contributed by atoms with van der Waals surface area (Å²) < 4.78 is 29.9. The molecule has 1 fully saturated rings. The number of benzene rings is 1. The molecule has 0 saturated carbocycles. The monoisotopic (exact) mass is 444 g/mol. The molecule has 3 heterocycles. The summed E-state index contributed by atoms with van der Waals surface area (Å²) in [5, 5.41) is 2.90. The van der Waals surface area contributed by atoms with E-state index in [2.05, 4.69) is 47.8 Å². The van der Waals surface area contributed by atoms with Gasteiger partial charge < -0.3 is 9.88 Å². The third-order valence-electron chi connectivity index (χ3n) is 6.43. The Labute approximate surface area is 185 Å². The first-order chi connectivity index (χ1) is 14.7. The van der Waals surface area contributed by atoms with Crippen molar-refractivity contribution in [3.05, 3.63) is 48.3 Å². The van der Waals surface area contributed by atoms with Crippen molar-refractivity contribution in [2.24, 2.45) is 11.8 Å². The number of hydrogen-bond acceptors (Lipinski definition) is 4. The molecule has 31 heavy (non-hydrogen) atoms. The fourth-order valence-corrected chi connectivity index (χ4v) is 6.57. The van der Waals surface area contributed by atoms with Crippen molar-refractivity contribution in [2.75, 3.05) is 31.5 Å². The van der Waals surface area contributed by atoms with Crippen LogP contribution in [-0.2, 0) is 21.4 Å². The van der Waals surface area contributed by atoms with Gasteiger partial charge in [-0.2, -0.15) is 4.31 Å². The van der Waals surface area contributed by atoms with Gasteiger partial charge in [0.15, 0.2) is 0 Å². The van der Waals surface area contributed by atoms with Crippen LogP contribution in [0.2, 0.25) is 0 Å². The summed E-state index contributed by atoms with van der Waals surface area (Å²) in [5.41, 5.74) is 1.83. The minimum Gasteiger partial charge on any atom is -0.349 e. The van der Waals surface area contributed by atoms with Crippen LogP contribution in [0.4, 0.5) is 5.69 Å². The van der Waals surface area contributed by atoms with Gasteiger partial charge in [-0.05, 0) is 61.6 Å². The van der Waals surface area contributed by atoms with Crippen LogP contribution in [0.5, 0.6) is 0 Å². The van der Waals surface area contributed by atoms with Crippen molar-refractivity contribution >= 4 is 21.6 Å². The Morgan fingerprint density at radius 1 is 1.03 bits per heavy atom. The average Bonchev–Trinajstić information content (AvgIpc) is 3.19. The topological polar surface area (TPSA) is 74.7 Å². The van der Waals surface area contributed by atoms with E-state index < -0.39 is 10.0 Å². The number of hydrogen-bond donors (Lipinski definition) is 1. The molecule has 7 nitrogen and oxygen atoms in total. The van der Waals surface area contributed by atoms with Crippen molar-refractivity contribution in [2.45, 2.75) is 44.7 Å². The number of rotatable bonds is 5. The molecule has 2 aromatic rings. The summed E-state index contributed by atoms with van der Waals surface area (Å²) in [6.07, 6.45) is 3.13. The van der Waals surface area contributed by atoms with Gasteiger partial charge in [0.1, 0.15) is 0 Å². The molecule has 0 spiro atoms. The Kier molecular flexibility index (Phi) is 6.23. The zero-order valence-corrected chi connectivity index (χ0v) is 19.3. The lowest BCUT2D eigenvalue weighted by molar-refractivity contribution is -0.118. The second kappa shape index (κ2) is 8.76. The highest BCUT2D eigenvalue weighted by atomic mass is 32.2. The second-order valence-electron chi connectivity index (χ2n) is 9.11. The van der Waals surface area contributed by atoms with Gasteiger partial charge in [0.25, 0.3) is 0 Å². The zero-order chi connectivity index (χ0) is 22.2. The Balaban J connectivity index is 1.38. The van der Waals surface area contributed by atoms with Crippen LogP contribution >= 0.6 is 0 Å². The number of carbonyl (C=O) groups excluding carboxylic acids is 1. The minimum atomic E-state index is -3.52. The van der Waals surface area contributed by atoms with Gasteiger partial charge in [-0.3, -0.25) is 9.69 Å². The number of nitrogens with zero attached hydrogens (tertiary/aromatic N) is 3. The number of sulfonamides is 1. The van der Waals surface area contributed by atoms with Crippen molar-refractivity contribution in [1.29, 1.82) is 0 Å². The van der Waals surface area contributed by atoms with Crippen LogP contribution in [0.15, 0.2) is 47.5 Å². The number of nitrogens with one attached hydrogen (secondary N) is 1. The van der Waals surface area contributed by atoms with E-state index in [4.69, 9.17) is 0 Å². The van der Waals surface area contributed by atoms with Gasteiger partial charge in [-0.1, -0.05) is 13.8 Å². The SMILES string of the molecule is C[C@@H]1C[C@H](C)CN(S(=O)(=O)c2ccc(NC(=O)CN3CCn4cccc4[C@@H]3C)cc2)C1. The maximum Gasteiger partial charge on any atom is 0.243 e. The molecule has 2 aliphatic heterocycles. The van der Waals surface area contributed by atoms with E-state index in [1.165, 1.54) is 5.69 Å².